The van der Waals surface area contributed by atoms with Crippen molar-refractivity contribution in [3.05, 3.63) is 12.7 Å². The van der Waals surface area contributed by atoms with E-state index in [1.54, 1.807) is 0 Å². The third-order valence-corrected chi connectivity index (χ3v) is 2.88. The molecule has 1 N–H and O–H groups in total. The van der Waals surface area contributed by atoms with Crippen LogP contribution in [0.15, 0.2) is 12.7 Å². The summed E-state index contributed by atoms with van der Waals surface area (Å²) in [5, 5.41) is 2.97. The van der Waals surface area contributed by atoms with Gasteiger partial charge in [0.25, 0.3) is 0 Å². The number of nitrogens with one attached hydrogen (secondary N) is 1. The van der Waals surface area contributed by atoms with Gasteiger partial charge in [0.2, 0.25) is 5.91 Å². The molecule has 2 heteroatoms. The average molecular weight is 195 g/mol. The molecule has 0 saturated heterocycles. The van der Waals surface area contributed by atoms with Gasteiger partial charge in [0.15, 0.2) is 0 Å². The lowest BCUT2D eigenvalue weighted by Crippen LogP contribution is -2.31. The van der Waals surface area contributed by atoms with E-state index in [0.717, 1.165) is 24.7 Å². The van der Waals surface area contributed by atoms with Crippen LogP contribution in [0.2, 0.25) is 0 Å². The van der Waals surface area contributed by atoms with E-state index in [1.807, 2.05) is 0 Å². The van der Waals surface area contributed by atoms with Crippen LogP contribution < -0.4 is 5.32 Å². The summed E-state index contributed by atoms with van der Waals surface area (Å²) in [4.78, 5) is 11.1. The smallest absolute Gasteiger partial charge is 0.243 e. The molecule has 14 heavy (non-hydrogen) atoms. The molecule has 0 aliphatic heterocycles. The van der Waals surface area contributed by atoms with Crippen molar-refractivity contribution in [3.8, 4) is 0 Å². The second kappa shape index (κ2) is 5.18. The van der Waals surface area contributed by atoms with Crippen LogP contribution in [0, 0.1) is 11.8 Å². The molecule has 0 radical (unpaired) electrons. The van der Waals surface area contributed by atoms with E-state index in [2.05, 4.69) is 25.7 Å². The van der Waals surface area contributed by atoms with Crippen LogP contribution >= 0.6 is 0 Å². The fourth-order valence-electron chi connectivity index (χ4n) is 2.35. The van der Waals surface area contributed by atoms with E-state index in [4.69, 9.17) is 0 Å². The Morgan fingerprint density at radius 1 is 1.57 bits per heavy atom. The maximum atomic E-state index is 11.1. The molecule has 2 unspecified atom stereocenters. The predicted molar refractivity (Wildman–Crippen MR) is 58.9 cm³/mol. The largest absolute Gasteiger partial charge is 0.350 e. The summed E-state index contributed by atoms with van der Waals surface area (Å²) in [5.41, 5.74) is 0. The monoisotopic (exact) mass is 195 g/mol. The Morgan fingerprint density at radius 2 is 2.29 bits per heavy atom. The first kappa shape index (κ1) is 11.3. The van der Waals surface area contributed by atoms with Gasteiger partial charge in [-0.25, -0.2) is 0 Å². The molecule has 1 aliphatic carbocycles. The normalized spacial score (nSPS) is 26.5. The topological polar surface area (TPSA) is 29.1 Å². The molecule has 0 aromatic heterocycles. The summed E-state index contributed by atoms with van der Waals surface area (Å²) >= 11 is 0. The maximum Gasteiger partial charge on any atom is 0.243 e. The molecule has 1 aliphatic rings. The molecule has 1 rings (SSSR count). The highest BCUT2D eigenvalue weighted by atomic mass is 16.1. The molecule has 80 valence electrons. The van der Waals surface area contributed by atoms with Crippen LogP contribution in [0.1, 0.15) is 39.5 Å². The Morgan fingerprint density at radius 3 is 2.86 bits per heavy atom. The molecule has 0 spiro atoms. The molecule has 2 atom stereocenters. The number of hydrogen-bond acceptors (Lipinski definition) is 1. The third kappa shape index (κ3) is 3.52. The van der Waals surface area contributed by atoms with Crippen molar-refractivity contribution in [2.75, 3.05) is 0 Å². The summed E-state index contributed by atoms with van der Waals surface area (Å²) in [5.74, 6) is 1.55. The highest BCUT2D eigenvalue weighted by Crippen LogP contribution is 2.30. The van der Waals surface area contributed by atoms with Crippen molar-refractivity contribution >= 4 is 5.91 Å². The number of carbonyl (C=O) groups is 1. The van der Waals surface area contributed by atoms with Crippen molar-refractivity contribution in [1.29, 1.82) is 0 Å². The molecule has 0 aromatic rings. The standard InChI is InChI=1S/C12H21NO/c1-4-12(14)13-11-6-5-10(8-11)7-9(2)3/h4,9-11H,1,5-8H2,2-3H3,(H,13,14). The third-order valence-electron chi connectivity index (χ3n) is 2.88. The van der Waals surface area contributed by atoms with Crippen molar-refractivity contribution in [3.63, 3.8) is 0 Å². The molecule has 1 fully saturated rings. The van der Waals surface area contributed by atoms with E-state index < -0.39 is 0 Å². The Bertz CT molecular complexity index is 210. The summed E-state index contributed by atoms with van der Waals surface area (Å²) in [6, 6.07) is 0.393. The Balaban J connectivity index is 2.26. The summed E-state index contributed by atoms with van der Waals surface area (Å²) in [7, 11) is 0. The minimum Gasteiger partial charge on any atom is -0.350 e. The number of amides is 1. The quantitative estimate of drug-likeness (QED) is 0.686. The van der Waals surface area contributed by atoms with E-state index in [-0.39, 0.29) is 5.91 Å². The van der Waals surface area contributed by atoms with Gasteiger partial charge in [-0.05, 0) is 43.6 Å². The summed E-state index contributed by atoms with van der Waals surface area (Å²) in [6.07, 6.45) is 6.20. The molecule has 0 aromatic carbocycles. The first-order chi connectivity index (χ1) is 6.61. The Labute approximate surface area is 86.8 Å². The lowest BCUT2D eigenvalue weighted by Gasteiger charge is -2.13. The minimum absolute atomic E-state index is 0.0276. The van der Waals surface area contributed by atoms with Crippen LogP contribution in [0.25, 0.3) is 0 Å². The van der Waals surface area contributed by atoms with Crippen LogP contribution in [0.3, 0.4) is 0 Å². The van der Waals surface area contributed by atoms with Crippen molar-refractivity contribution in [2.45, 2.75) is 45.6 Å². The van der Waals surface area contributed by atoms with Crippen molar-refractivity contribution < 1.29 is 4.79 Å². The SMILES string of the molecule is C=CC(=O)NC1CCC(CC(C)C)C1. The maximum absolute atomic E-state index is 11.1. The number of hydrogen-bond donors (Lipinski definition) is 1. The molecule has 0 bridgehead atoms. The fraction of sp³-hybridized carbons (Fsp3) is 0.750. The Hall–Kier alpha value is -0.790. The first-order valence-corrected chi connectivity index (χ1v) is 5.54. The highest BCUT2D eigenvalue weighted by molar-refractivity contribution is 5.87. The second-order valence-corrected chi connectivity index (χ2v) is 4.72. The van der Waals surface area contributed by atoms with E-state index in [9.17, 15) is 4.79 Å². The van der Waals surface area contributed by atoms with Crippen molar-refractivity contribution in [2.24, 2.45) is 11.8 Å². The zero-order valence-corrected chi connectivity index (χ0v) is 9.25. The summed E-state index contributed by atoms with van der Waals surface area (Å²) in [6.45, 7) is 7.98. The van der Waals surface area contributed by atoms with Gasteiger partial charge in [-0.1, -0.05) is 20.4 Å². The molecule has 2 nitrogen and oxygen atoms in total. The molecule has 0 heterocycles. The highest BCUT2D eigenvalue weighted by Gasteiger charge is 2.25. The fourth-order valence-corrected chi connectivity index (χ4v) is 2.35. The zero-order valence-electron chi connectivity index (χ0n) is 9.25. The Kier molecular flexibility index (Phi) is 4.18. The second-order valence-electron chi connectivity index (χ2n) is 4.72. The van der Waals surface area contributed by atoms with Gasteiger partial charge < -0.3 is 5.32 Å². The van der Waals surface area contributed by atoms with E-state index >= 15 is 0 Å². The zero-order chi connectivity index (χ0) is 10.6. The molecule has 1 saturated carbocycles. The van der Waals surface area contributed by atoms with Crippen LogP contribution in [-0.2, 0) is 4.79 Å². The van der Waals surface area contributed by atoms with Gasteiger partial charge >= 0.3 is 0 Å². The molecule has 1 amide bonds. The van der Waals surface area contributed by atoms with Crippen LogP contribution in [0.5, 0.6) is 0 Å². The lowest BCUT2D eigenvalue weighted by molar-refractivity contribution is -0.117. The van der Waals surface area contributed by atoms with Gasteiger partial charge in [-0.3, -0.25) is 4.79 Å². The van der Waals surface area contributed by atoms with Gasteiger partial charge in [-0.15, -0.1) is 0 Å². The first-order valence-electron chi connectivity index (χ1n) is 5.54. The minimum atomic E-state index is -0.0276. The summed E-state index contributed by atoms with van der Waals surface area (Å²) < 4.78 is 0. The van der Waals surface area contributed by atoms with E-state index in [1.165, 1.54) is 18.9 Å². The predicted octanol–water partition coefficient (Wildman–Crippen LogP) is 2.50. The number of carbonyl (C=O) groups excluding carboxylic acids is 1. The molecular weight excluding hydrogens is 174 g/mol. The van der Waals surface area contributed by atoms with Crippen LogP contribution in [-0.4, -0.2) is 11.9 Å². The van der Waals surface area contributed by atoms with Gasteiger partial charge in [0, 0.05) is 6.04 Å². The van der Waals surface area contributed by atoms with Gasteiger partial charge in [0.05, 0.1) is 0 Å². The van der Waals surface area contributed by atoms with Crippen molar-refractivity contribution in [1.82, 2.24) is 5.32 Å². The number of rotatable bonds is 4. The lowest BCUT2D eigenvalue weighted by atomic mass is 9.96. The van der Waals surface area contributed by atoms with E-state index in [0.29, 0.717) is 6.04 Å². The van der Waals surface area contributed by atoms with Crippen LogP contribution in [0.4, 0.5) is 0 Å². The average Bonchev–Trinajstić information content (AvgIpc) is 2.51. The van der Waals surface area contributed by atoms with Gasteiger partial charge in [0.1, 0.15) is 0 Å². The van der Waals surface area contributed by atoms with Gasteiger partial charge in [-0.2, -0.15) is 0 Å². The molecular formula is C12H21NO.